The number of carbonyl (C=O) groups is 4. The zero-order valence-electron chi connectivity index (χ0n) is 25.5. The Balaban J connectivity index is 1.77. The summed E-state index contributed by atoms with van der Waals surface area (Å²) in [7, 11) is 0. The molecule has 1 aliphatic rings. The zero-order valence-corrected chi connectivity index (χ0v) is 25.5. The van der Waals surface area contributed by atoms with Crippen LogP contribution in [0.4, 0.5) is 0 Å². The largest absolute Gasteiger partial charge is 0.419 e. The maximum absolute atomic E-state index is 12.4. The van der Waals surface area contributed by atoms with E-state index in [2.05, 4.69) is 26.3 Å². The molecule has 1 unspecified atom stereocenters. The minimum absolute atomic E-state index is 0.0331. The van der Waals surface area contributed by atoms with Crippen LogP contribution in [-0.4, -0.2) is 30.5 Å². The van der Waals surface area contributed by atoms with Gasteiger partial charge in [0.25, 0.3) is 0 Å². The van der Waals surface area contributed by atoms with Gasteiger partial charge in [0, 0.05) is 22.3 Å². The van der Waals surface area contributed by atoms with Crippen LogP contribution in [0.25, 0.3) is 22.3 Å². The normalized spacial score (nSPS) is 13.2. The van der Waals surface area contributed by atoms with Crippen LogP contribution in [0, 0.1) is 0 Å². The van der Waals surface area contributed by atoms with Crippen molar-refractivity contribution in [3.63, 3.8) is 0 Å². The summed E-state index contributed by atoms with van der Waals surface area (Å²) in [5.74, 6) is -2.52. The van der Waals surface area contributed by atoms with E-state index < -0.39 is 23.9 Å². The monoisotopic (exact) mass is 608 g/mol. The number of benzene rings is 3. The Morgan fingerprint density at radius 1 is 0.556 bits per heavy atom. The van der Waals surface area contributed by atoms with E-state index in [0.717, 1.165) is 16.7 Å². The Labute approximate surface area is 261 Å². The third-order valence-corrected chi connectivity index (χ3v) is 6.47. The van der Waals surface area contributed by atoms with Crippen molar-refractivity contribution in [3.05, 3.63) is 109 Å². The predicted molar refractivity (Wildman–Crippen MR) is 168 cm³/mol. The van der Waals surface area contributed by atoms with Crippen LogP contribution in [0.15, 0.2) is 103 Å². The second-order valence-electron chi connectivity index (χ2n) is 10.6. The highest BCUT2D eigenvalue weighted by Crippen LogP contribution is 2.43. The molecule has 0 radical (unpaired) electrons. The molecule has 0 spiro atoms. The van der Waals surface area contributed by atoms with Crippen molar-refractivity contribution in [1.29, 1.82) is 0 Å². The number of esters is 4. The van der Waals surface area contributed by atoms with Gasteiger partial charge < -0.3 is 23.7 Å². The molecule has 1 saturated heterocycles. The van der Waals surface area contributed by atoms with E-state index in [9.17, 15) is 19.2 Å². The van der Waals surface area contributed by atoms with E-state index in [1.165, 1.54) is 39.8 Å². The Hall–Kier alpha value is -5.54. The number of carbonyl (C=O) groups excluding carboxylic acids is 4. The van der Waals surface area contributed by atoms with Gasteiger partial charge in [-0.05, 0) is 85.8 Å². The summed E-state index contributed by atoms with van der Waals surface area (Å²) in [6.07, 6.45) is -0.196. The van der Waals surface area contributed by atoms with Gasteiger partial charge in [0.2, 0.25) is 0 Å². The maximum Gasteiger partial charge on any atom is 0.338 e. The number of hydrogen-bond acceptors (Lipinski definition) is 9. The maximum atomic E-state index is 12.4. The van der Waals surface area contributed by atoms with Crippen molar-refractivity contribution in [2.24, 2.45) is 0 Å². The number of ether oxygens (including phenoxy) is 5. The van der Waals surface area contributed by atoms with Gasteiger partial charge in [-0.25, -0.2) is 19.2 Å². The molecule has 0 N–H and O–H groups in total. The summed E-state index contributed by atoms with van der Waals surface area (Å²) in [6, 6.07) is 15.4. The van der Waals surface area contributed by atoms with Gasteiger partial charge in [0.05, 0.1) is 6.61 Å². The second kappa shape index (κ2) is 13.4. The lowest BCUT2D eigenvalue weighted by Crippen LogP contribution is -2.13. The lowest BCUT2D eigenvalue weighted by Gasteiger charge is -2.16. The van der Waals surface area contributed by atoms with Gasteiger partial charge in [-0.1, -0.05) is 50.6 Å². The fourth-order valence-electron chi connectivity index (χ4n) is 3.94. The number of epoxide rings is 1. The minimum atomic E-state index is -0.679. The molecule has 230 valence electrons. The first-order chi connectivity index (χ1) is 21.2. The van der Waals surface area contributed by atoms with Crippen LogP contribution >= 0.6 is 0 Å². The predicted octanol–water partition coefficient (Wildman–Crippen LogP) is 7.02. The van der Waals surface area contributed by atoms with E-state index in [0.29, 0.717) is 17.7 Å². The van der Waals surface area contributed by atoms with Crippen LogP contribution in [0.3, 0.4) is 0 Å². The summed E-state index contributed by atoms with van der Waals surface area (Å²) < 4.78 is 27.4. The minimum Gasteiger partial charge on any atom is -0.419 e. The highest BCUT2D eigenvalue weighted by atomic mass is 16.6. The third-order valence-electron chi connectivity index (χ3n) is 6.47. The summed E-state index contributed by atoms with van der Waals surface area (Å²) in [6.45, 7) is 21.0. The zero-order chi connectivity index (χ0) is 33.0. The molecule has 0 saturated carbocycles. The van der Waals surface area contributed by atoms with E-state index in [1.54, 1.807) is 24.3 Å². The lowest BCUT2D eigenvalue weighted by molar-refractivity contribution is -0.132. The molecule has 45 heavy (non-hydrogen) atoms. The Kier molecular flexibility index (Phi) is 9.64. The molecule has 3 aromatic rings. The molecule has 4 rings (SSSR count). The summed E-state index contributed by atoms with van der Waals surface area (Å²) in [5, 5.41) is 0. The Bertz CT molecular complexity index is 1790. The number of rotatable bonds is 11. The van der Waals surface area contributed by atoms with Crippen LogP contribution < -0.4 is 18.9 Å². The van der Waals surface area contributed by atoms with E-state index >= 15 is 0 Å². The Morgan fingerprint density at radius 3 is 1.33 bits per heavy atom. The second-order valence-corrected chi connectivity index (χ2v) is 10.6. The van der Waals surface area contributed by atoms with Crippen LogP contribution in [0.1, 0.15) is 39.4 Å². The Morgan fingerprint density at radius 2 is 0.911 bits per heavy atom. The van der Waals surface area contributed by atoms with E-state index in [-0.39, 0.29) is 51.4 Å². The first kappa shape index (κ1) is 32.4. The third kappa shape index (κ3) is 7.90. The van der Waals surface area contributed by atoms with Gasteiger partial charge in [-0.3, -0.25) is 0 Å². The summed E-state index contributed by atoms with van der Waals surface area (Å²) in [5.41, 5.74) is 4.43. The lowest BCUT2D eigenvalue weighted by atomic mass is 9.93. The summed E-state index contributed by atoms with van der Waals surface area (Å²) >= 11 is 0. The van der Waals surface area contributed by atoms with Gasteiger partial charge in [-0.2, -0.15) is 0 Å². The first-order valence-electron chi connectivity index (χ1n) is 13.8. The molecule has 0 amide bonds. The average Bonchev–Trinajstić information content (AvgIpc) is 3.84. The van der Waals surface area contributed by atoms with Crippen molar-refractivity contribution in [1.82, 2.24) is 0 Å². The van der Waals surface area contributed by atoms with Crippen molar-refractivity contribution in [2.75, 3.05) is 6.61 Å². The highest BCUT2D eigenvalue weighted by molar-refractivity contribution is 5.93. The molecule has 0 aliphatic carbocycles. The number of hydrogen-bond donors (Lipinski definition) is 0. The highest BCUT2D eigenvalue weighted by Gasteiger charge is 2.29. The molecule has 1 atom stereocenters. The molecule has 0 aromatic heterocycles. The van der Waals surface area contributed by atoms with Crippen LogP contribution in [0.2, 0.25) is 0 Å². The molecular formula is C36H32O9. The molecule has 1 aliphatic heterocycles. The average molecular weight is 609 g/mol. The quantitative estimate of drug-likeness (QED) is 0.0979. The smallest absolute Gasteiger partial charge is 0.338 e. The first-order valence-corrected chi connectivity index (χ1v) is 13.8. The fourth-order valence-corrected chi connectivity index (χ4v) is 3.94. The van der Waals surface area contributed by atoms with Crippen LogP contribution in [-0.2, 0) is 23.9 Å². The topological polar surface area (TPSA) is 118 Å². The molecule has 9 nitrogen and oxygen atoms in total. The van der Waals surface area contributed by atoms with Gasteiger partial charge in [0.1, 0.15) is 6.10 Å². The standard InChI is InChI=1S/C36H32O9/c1-19(2)33(37)42-28-13-10-24(16-30(28)44-35(39)21(5)6)23-9-12-26(27(15-23)32-18-41-32)25-11-14-29(43-34(38)20(3)4)31(17-25)45-36(40)22(7)8/h9-17,32H,1,3,5,7,18H2,2,4,6,8H3. The summed E-state index contributed by atoms with van der Waals surface area (Å²) in [4.78, 5) is 49.2. The van der Waals surface area contributed by atoms with Crippen molar-refractivity contribution in [3.8, 4) is 45.3 Å². The SMILES string of the molecule is C=C(C)C(=O)Oc1ccc(-c2ccc(-c3ccc(OC(=O)C(=C)C)c(OC(=O)C(=C)C)c3)c(C3CO3)c2)cc1OC(=O)C(=C)C. The van der Waals surface area contributed by atoms with Gasteiger partial charge >= 0.3 is 23.9 Å². The van der Waals surface area contributed by atoms with Crippen molar-refractivity contribution in [2.45, 2.75) is 33.8 Å². The molecule has 3 aromatic carbocycles. The fraction of sp³-hybridized carbons (Fsp3) is 0.167. The molecule has 0 bridgehead atoms. The molecule has 1 fully saturated rings. The molecule has 9 heteroatoms. The van der Waals surface area contributed by atoms with Crippen molar-refractivity contribution >= 4 is 23.9 Å². The molecule has 1 heterocycles. The van der Waals surface area contributed by atoms with E-state index in [1.807, 2.05) is 18.2 Å². The van der Waals surface area contributed by atoms with Gasteiger partial charge in [-0.15, -0.1) is 0 Å². The molecular weight excluding hydrogens is 576 g/mol. The van der Waals surface area contributed by atoms with Gasteiger partial charge in [0.15, 0.2) is 23.0 Å². The van der Waals surface area contributed by atoms with E-state index in [4.69, 9.17) is 23.7 Å². The van der Waals surface area contributed by atoms with Crippen LogP contribution in [0.5, 0.6) is 23.0 Å². The van der Waals surface area contributed by atoms with Crippen molar-refractivity contribution < 1.29 is 42.9 Å².